The van der Waals surface area contributed by atoms with Crippen molar-refractivity contribution in [2.75, 3.05) is 5.43 Å². The minimum absolute atomic E-state index is 0. The Morgan fingerprint density at radius 1 is 1.03 bits per heavy atom. The van der Waals surface area contributed by atoms with Crippen molar-refractivity contribution in [2.45, 2.75) is 20.4 Å². The molecular formula is C21H19BrClN5O4. The number of benzene rings is 2. The SMILES string of the molecule is Cc1cc[n+](C/C(=N/Nc2ccc([N+](=O)[O-])cc2[N+](=O)[O-])c2ccc(Cl)cc2)c(C)c1.[Br-]. The number of rotatable bonds is 7. The molecule has 1 heterocycles. The molecule has 0 saturated carbocycles. The average Bonchev–Trinajstić information content (AvgIpc) is 2.73. The maximum Gasteiger partial charge on any atom is 0.301 e. The highest BCUT2D eigenvalue weighted by molar-refractivity contribution is 6.30. The summed E-state index contributed by atoms with van der Waals surface area (Å²) in [5.74, 6) is 0. The number of hydrazone groups is 1. The topological polar surface area (TPSA) is 115 Å². The highest BCUT2D eigenvalue weighted by atomic mass is 79.9. The first-order valence-electron chi connectivity index (χ1n) is 9.22. The molecule has 0 aliphatic carbocycles. The van der Waals surface area contributed by atoms with Crippen LogP contribution in [0.5, 0.6) is 0 Å². The van der Waals surface area contributed by atoms with E-state index in [0.717, 1.165) is 22.9 Å². The van der Waals surface area contributed by atoms with E-state index in [4.69, 9.17) is 11.6 Å². The van der Waals surface area contributed by atoms with Gasteiger partial charge in [-0.25, -0.2) is 0 Å². The fourth-order valence-electron chi connectivity index (χ4n) is 2.96. The molecule has 11 heteroatoms. The largest absolute Gasteiger partial charge is 1.00 e. The highest BCUT2D eigenvalue weighted by Gasteiger charge is 2.20. The summed E-state index contributed by atoms with van der Waals surface area (Å²) in [6, 6.07) is 14.4. The van der Waals surface area contributed by atoms with Gasteiger partial charge in [-0.3, -0.25) is 25.7 Å². The summed E-state index contributed by atoms with van der Waals surface area (Å²) < 4.78 is 1.99. The van der Waals surface area contributed by atoms with Crippen LogP contribution < -0.4 is 27.0 Å². The third-order valence-electron chi connectivity index (χ3n) is 4.60. The van der Waals surface area contributed by atoms with Crippen molar-refractivity contribution in [3.05, 3.63) is 103 Å². The molecule has 0 radical (unpaired) electrons. The average molecular weight is 521 g/mol. The minimum atomic E-state index is -0.689. The Bertz CT molecular complexity index is 1190. The number of nitrogens with zero attached hydrogens (tertiary/aromatic N) is 4. The normalized spacial score (nSPS) is 10.9. The quantitative estimate of drug-likeness (QED) is 0.220. The van der Waals surface area contributed by atoms with Crippen LogP contribution in [0.1, 0.15) is 16.8 Å². The smallest absolute Gasteiger partial charge is 0.301 e. The lowest BCUT2D eigenvalue weighted by atomic mass is 10.1. The molecule has 1 aromatic heterocycles. The van der Waals surface area contributed by atoms with E-state index in [9.17, 15) is 20.2 Å². The lowest BCUT2D eigenvalue weighted by molar-refractivity contribution is -0.687. The first-order chi connectivity index (χ1) is 14.7. The first-order valence-corrected chi connectivity index (χ1v) is 9.60. The summed E-state index contributed by atoms with van der Waals surface area (Å²) in [5, 5.41) is 27.3. The summed E-state index contributed by atoms with van der Waals surface area (Å²) in [6.45, 7) is 4.36. The Kier molecular flexibility index (Phi) is 8.39. The van der Waals surface area contributed by atoms with Gasteiger partial charge in [-0.05, 0) is 30.7 Å². The van der Waals surface area contributed by atoms with Crippen molar-refractivity contribution in [1.29, 1.82) is 0 Å². The number of anilines is 1. The van der Waals surface area contributed by atoms with Crippen molar-refractivity contribution in [3.8, 4) is 0 Å². The zero-order valence-corrected chi connectivity index (χ0v) is 19.5. The van der Waals surface area contributed by atoms with E-state index in [1.165, 1.54) is 12.1 Å². The molecule has 9 nitrogen and oxygen atoms in total. The Labute approximate surface area is 199 Å². The second-order valence-corrected chi connectivity index (χ2v) is 7.30. The second-order valence-electron chi connectivity index (χ2n) is 6.87. The lowest BCUT2D eigenvalue weighted by Crippen LogP contribution is -3.00. The third kappa shape index (κ3) is 6.08. The van der Waals surface area contributed by atoms with Gasteiger partial charge in [-0.1, -0.05) is 23.7 Å². The van der Waals surface area contributed by atoms with Crippen LogP contribution in [-0.4, -0.2) is 15.6 Å². The summed E-state index contributed by atoms with van der Waals surface area (Å²) in [4.78, 5) is 21.0. The fourth-order valence-corrected chi connectivity index (χ4v) is 3.09. The van der Waals surface area contributed by atoms with Gasteiger partial charge in [-0.15, -0.1) is 0 Å². The number of aromatic nitrogens is 1. The Morgan fingerprint density at radius 2 is 1.72 bits per heavy atom. The number of pyridine rings is 1. The van der Waals surface area contributed by atoms with E-state index >= 15 is 0 Å². The van der Waals surface area contributed by atoms with Crippen LogP contribution in [0.25, 0.3) is 0 Å². The zero-order valence-electron chi connectivity index (χ0n) is 17.2. The molecule has 0 aliphatic heterocycles. The Hall–Kier alpha value is -3.37. The van der Waals surface area contributed by atoms with Gasteiger partial charge in [0.15, 0.2) is 18.4 Å². The minimum Gasteiger partial charge on any atom is -1.00 e. The van der Waals surface area contributed by atoms with Gasteiger partial charge < -0.3 is 17.0 Å². The molecule has 0 spiro atoms. The Balaban J connectivity index is 0.00000363. The molecule has 0 bridgehead atoms. The van der Waals surface area contributed by atoms with Crippen LogP contribution in [0, 0.1) is 34.1 Å². The summed E-state index contributed by atoms with van der Waals surface area (Å²) >= 11 is 6.00. The molecule has 3 aromatic rings. The van der Waals surface area contributed by atoms with Gasteiger partial charge in [-0.2, -0.15) is 9.67 Å². The molecule has 2 aromatic carbocycles. The van der Waals surface area contributed by atoms with Crippen molar-refractivity contribution in [3.63, 3.8) is 0 Å². The number of nitrogens with one attached hydrogen (secondary N) is 1. The molecule has 0 unspecified atom stereocenters. The van der Waals surface area contributed by atoms with E-state index in [1.807, 2.05) is 36.7 Å². The molecule has 166 valence electrons. The number of non-ortho nitro benzene ring substituents is 1. The number of halogens is 2. The number of aryl methyl sites for hydroxylation is 2. The summed E-state index contributed by atoms with van der Waals surface area (Å²) in [5.41, 5.74) is 5.45. The predicted octanol–water partition coefficient (Wildman–Crippen LogP) is 1.58. The molecule has 0 saturated heterocycles. The van der Waals surface area contributed by atoms with E-state index in [2.05, 4.69) is 10.5 Å². The van der Waals surface area contributed by atoms with Crippen LogP contribution in [0.15, 0.2) is 65.9 Å². The molecule has 0 fully saturated rings. The van der Waals surface area contributed by atoms with Crippen LogP contribution in [0.2, 0.25) is 5.02 Å². The van der Waals surface area contributed by atoms with Crippen LogP contribution in [0.4, 0.5) is 17.1 Å². The number of hydrogen-bond donors (Lipinski definition) is 1. The van der Waals surface area contributed by atoms with Crippen molar-refractivity contribution >= 4 is 34.4 Å². The van der Waals surface area contributed by atoms with Gasteiger partial charge in [0, 0.05) is 35.7 Å². The number of hydrogen-bond acceptors (Lipinski definition) is 6. The maximum atomic E-state index is 11.4. The van der Waals surface area contributed by atoms with Gasteiger partial charge in [0.2, 0.25) is 0 Å². The monoisotopic (exact) mass is 519 g/mol. The Morgan fingerprint density at radius 3 is 2.31 bits per heavy atom. The van der Waals surface area contributed by atoms with Gasteiger partial charge >= 0.3 is 5.69 Å². The van der Waals surface area contributed by atoms with E-state index < -0.39 is 15.5 Å². The highest BCUT2D eigenvalue weighted by Crippen LogP contribution is 2.29. The number of nitro benzene ring substituents is 2. The molecule has 1 N–H and O–H groups in total. The molecule has 0 atom stereocenters. The third-order valence-corrected chi connectivity index (χ3v) is 4.86. The van der Waals surface area contributed by atoms with E-state index in [-0.39, 0.29) is 28.4 Å². The van der Waals surface area contributed by atoms with Gasteiger partial charge in [0.05, 0.1) is 15.9 Å². The standard InChI is InChI=1S/C21H19ClN5O4.BrH/c1-14-9-10-25(15(2)11-14)13-20(16-3-5-17(22)6-4-16)24-23-19-8-7-18(26(28)29)12-21(19)27(30)31;/h3-12,23H,13H2,1-2H3;1H/q+1;/p-1/b24-20-;. The van der Waals surface area contributed by atoms with Crippen LogP contribution in [0.3, 0.4) is 0 Å². The molecule has 32 heavy (non-hydrogen) atoms. The van der Waals surface area contributed by atoms with Crippen LogP contribution in [-0.2, 0) is 6.54 Å². The maximum absolute atomic E-state index is 11.4. The van der Waals surface area contributed by atoms with E-state index in [0.29, 0.717) is 17.3 Å². The number of nitro groups is 2. The predicted molar refractivity (Wildman–Crippen MR) is 117 cm³/mol. The van der Waals surface area contributed by atoms with Gasteiger partial charge in [0.25, 0.3) is 5.69 Å². The van der Waals surface area contributed by atoms with Crippen molar-refractivity contribution in [2.24, 2.45) is 5.10 Å². The second kappa shape index (κ2) is 10.8. The molecule has 0 amide bonds. The van der Waals surface area contributed by atoms with Crippen LogP contribution >= 0.6 is 11.6 Å². The van der Waals surface area contributed by atoms with Crippen molar-refractivity contribution in [1.82, 2.24) is 0 Å². The zero-order chi connectivity index (χ0) is 22.5. The van der Waals surface area contributed by atoms with Crippen molar-refractivity contribution < 1.29 is 31.4 Å². The molecule has 0 aliphatic rings. The van der Waals surface area contributed by atoms with Gasteiger partial charge in [0.1, 0.15) is 11.4 Å². The van der Waals surface area contributed by atoms with E-state index in [1.54, 1.807) is 24.3 Å². The molecular weight excluding hydrogens is 502 g/mol. The summed E-state index contributed by atoms with van der Waals surface area (Å²) in [6.07, 6.45) is 1.93. The molecule has 3 rings (SSSR count). The summed E-state index contributed by atoms with van der Waals surface area (Å²) in [7, 11) is 0. The first kappa shape index (κ1) is 24.9. The lowest BCUT2D eigenvalue weighted by Gasteiger charge is -2.08. The fraction of sp³-hybridized carbons (Fsp3) is 0.143.